The van der Waals surface area contributed by atoms with Crippen LogP contribution in [0.5, 0.6) is 0 Å². The molecule has 2 aromatic carbocycles. The summed E-state index contributed by atoms with van der Waals surface area (Å²) in [6.45, 7) is 2.08. The Morgan fingerprint density at radius 1 is 1.00 bits per heavy atom. The van der Waals surface area contributed by atoms with Gasteiger partial charge in [-0.2, -0.15) is 26.3 Å². The molecule has 1 fully saturated rings. The number of hydrogen-bond donors (Lipinski definition) is 1. The molecule has 1 aliphatic rings. The fraction of sp³-hybridized carbons (Fsp3) is 0.500. The molecule has 0 radical (unpaired) electrons. The molecule has 0 aliphatic carbocycles. The van der Waals surface area contributed by atoms with Crippen LogP contribution in [0.2, 0.25) is 0 Å². The van der Waals surface area contributed by atoms with Gasteiger partial charge in [-0.1, -0.05) is 31.2 Å². The number of rotatable bonds is 7. The lowest BCUT2D eigenvalue weighted by atomic mass is 9.88. The molecule has 1 aliphatic heterocycles. The summed E-state index contributed by atoms with van der Waals surface area (Å²) >= 11 is 0. The first-order valence-corrected chi connectivity index (χ1v) is 12.8. The molecule has 0 unspecified atom stereocenters. The molecule has 2 aromatic rings. The van der Waals surface area contributed by atoms with E-state index in [0.29, 0.717) is 17.8 Å². The van der Waals surface area contributed by atoms with Crippen molar-refractivity contribution in [3.05, 3.63) is 59.7 Å². The molecule has 3 rings (SSSR count). The van der Waals surface area contributed by atoms with Crippen LogP contribution in [-0.2, 0) is 20.2 Å². The van der Waals surface area contributed by atoms with E-state index in [1.807, 2.05) is 0 Å². The second kappa shape index (κ2) is 10.2. The van der Waals surface area contributed by atoms with Crippen molar-refractivity contribution >= 4 is 15.5 Å². The largest absolute Gasteiger partial charge is 0.430 e. The predicted molar refractivity (Wildman–Crippen MR) is 121 cm³/mol. The molecule has 200 valence electrons. The summed E-state index contributed by atoms with van der Waals surface area (Å²) in [6.07, 6.45) is -12.2. The van der Waals surface area contributed by atoms with Crippen molar-refractivity contribution in [1.82, 2.24) is 0 Å². The van der Waals surface area contributed by atoms with E-state index in [-0.39, 0.29) is 42.8 Å². The number of benzene rings is 2. The first-order chi connectivity index (χ1) is 16.7. The van der Waals surface area contributed by atoms with Gasteiger partial charge >= 0.3 is 12.4 Å². The lowest BCUT2D eigenvalue weighted by Gasteiger charge is -2.37. The highest BCUT2D eigenvalue weighted by Crippen LogP contribution is 2.51. The second-order valence-corrected chi connectivity index (χ2v) is 10.9. The first-order valence-electron chi connectivity index (χ1n) is 11.2. The number of sulfone groups is 1. The van der Waals surface area contributed by atoms with Crippen molar-refractivity contribution in [1.29, 1.82) is 0 Å². The number of anilines is 1. The van der Waals surface area contributed by atoms with Crippen molar-refractivity contribution in [3.63, 3.8) is 0 Å². The average Bonchev–Trinajstić information content (AvgIpc) is 2.83. The van der Waals surface area contributed by atoms with E-state index in [1.54, 1.807) is 30.0 Å². The van der Waals surface area contributed by atoms with Gasteiger partial charge < -0.3 is 14.7 Å². The van der Waals surface area contributed by atoms with E-state index >= 15 is 0 Å². The minimum Gasteiger partial charge on any atom is -0.377 e. The maximum atomic E-state index is 13.5. The number of halogens is 6. The van der Waals surface area contributed by atoms with Crippen molar-refractivity contribution in [2.75, 3.05) is 25.1 Å². The monoisotopic (exact) mass is 539 g/mol. The van der Waals surface area contributed by atoms with Gasteiger partial charge in [-0.15, -0.1) is 0 Å². The Kier molecular flexibility index (Phi) is 8.02. The quantitative estimate of drug-likeness (QED) is 0.468. The maximum absolute atomic E-state index is 13.5. The highest BCUT2D eigenvalue weighted by molar-refractivity contribution is 7.92. The second-order valence-electron chi connectivity index (χ2n) is 8.66. The summed E-state index contributed by atoms with van der Waals surface area (Å²) in [5.41, 5.74) is -6.04. The van der Waals surface area contributed by atoms with Gasteiger partial charge in [0.05, 0.1) is 16.2 Å². The number of alkyl halides is 6. The number of hydrogen-bond acceptors (Lipinski definition) is 5. The Balaban J connectivity index is 1.97. The normalized spacial score (nSPS) is 17.3. The molecule has 5 nitrogen and oxygen atoms in total. The van der Waals surface area contributed by atoms with Gasteiger partial charge in [0.15, 0.2) is 9.84 Å². The molecule has 0 aromatic heterocycles. The lowest BCUT2D eigenvalue weighted by molar-refractivity contribution is -0.376. The number of aliphatic hydroxyl groups is 1. The van der Waals surface area contributed by atoms with Crippen LogP contribution in [0, 0.1) is 0 Å². The summed E-state index contributed by atoms with van der Waals surface area (Å²) in [4.78, 5) is 1.91. The van der Waals surface area contributed by atoms with Gasteiger partial charge in [-0.25, -0.2) is 8.42 Å². The average molecular weight is 540 g/mol. The molecule has 1 heterocycles. The predicted octanol–water partition coefficient (Wildman–Crippen LogP) is 5.54. The molecule has 0 amide bonds. The van der Waals surface area contributed by atoms with E-state index in [0.717, 1.165) is 6.07 Å². The molecule has 0 bridgehead atoms. The van der Waals surface area contributed by atoms with Gasteiger partial charge in [0.1, 0.15) is 0 Å². The Labute approximate surface area is 205 Å². The van der Waals surface area contributed by atoms with E-state index in [2.05, 4.69) is 0 Å². The minimum absolute atomic E-state index is 0.0498. The van der Waals surface area contributed by atoms with Gasteiger partial charge in [-0.3, -0.25) is 0 Å². The Morgan fingerprint density at radius 2 is 1.56 bits per heavy atom. The lowest BCUT2D eigenvalue weighted by Crippen LogP contribution is -2.54. The van der Waals surface area contributed by atoms with Crippen LogP contribution in [0.3, 0.4) is 0 Å². The van der Waals surface area contributed by atoms with Crippen LogP contribution < -0.4 is 4.90 Å². The van der Waals surface area contributed by atoms with Crippen LogP contribution in [0.4, 0.5) is 32.0 Å². The highest BCUT2D eigenvalue weighted by Gasteiger charge is 2.71. The van der Waals surface area contributed by atoms with E-state index in [1.165, 1.54) is 19.2 Å². The SMILES string of the molecule is CC[C@@H](OC)c1cc(C(O)(C(F)(F)F)C(F)(F)F)ccc1N1CCC(S(=O)(=O)c2ccccc2)CC1. The molecule has 36 heavy (non-hydrogen) atoms. The summed E-state index contributed by atoms with van der Waals surface area (Å²) in [6, 6.07) is 10.3. The van der Waals surface area contributed by atoms with Crippen molar-refractivity contribution < 1.29 is 44.6 Å². The van der Waals surface area contributed by atoms with Crippen LogP contribution in [0.25, 0.3) is 0 Å². The van der Waals surface area contributed by atoms with Gasteiger partial charge in [0.25, 0.3) is 5.60 Å². The number of piperidine rings is 1. The van der Waals surface area contributed by atoms with Crippen molar-refractivity contribution in [2.45, 2.75) is 60.4 Å². The summed E-state index contributed by atoms with van der Waals surface area (Å²) in [5.74, 6) is 0. The van der Waals surface area contributed by atoms with Crippen LogP contribution >= 0.6 is 0 Å². The highest BCUT2D eigenvalue weighted by atomic mass is 32.2. The minimum atomic E-state index is -6.01. The zero-order chi connectivity index (χ0) is 26.9. The number of methoxy groups -OCH3 is 1. The number of nitrogens with zero attached hydrogens (tertiary/aromatic N) is 1. The first kappa shape index (κ1) is 28.3. The summed E-state index contributed by atoms with van der Waals surface area (Å²) < 4.78 is 112. The maximum Gasteiger partial charge on any atom is 0.430 e. The molecule has 1 saturated heterocycles. The third-order valence-corrected chi connectivity index (χ3v) is 8.84. The Hall–Kier alpha value is -2.31. The van der Waals surface area contributed by atoms with Crippen LogP contribution in [0.1, 0.15) is 43.4 Å². The topological polar surface area (TPSA) is 66.8 Å². The van der Waals surface area contributed by atoms with Crippen molar-refractivity contribution in [2.24, 2.45) is 0 Å². The molecule has 1 N–H and O–H groups in total. The Bertz CT molecular complexity index is 1130. The molecule has 0 saturated carbocycles. The van der Waals surface area contributed by atoms with E-state index in [9.17, 15) is 39.9 Å². The van der Waals surface area contributed by atoms with E-state index < -0.39 is 44.7 Å². The molecule has 1 atom stereocenters. The van der Waals surface area contributed by atoms with Crippen molar-refractivity contribution in [3.8, 4) is 0 Å². The standard InChI is InChI=1S/C24H27F6NO4S/c1-3-21(35-2)19-15-16(22(32,23(25,26)27)24(28,29)30)9-10-20(19)31-13-11-18(12-14-31)36(33,34)17-7-5-4-6-8-17/h4-10,15,18,21,32H,3,11-14H2,1-2H3/t21-/m1/s1. The van der Waals surface area contributed by atoms with Gasteiger partial charge in [-0.05, 0) is 43.5 Å². The molecule has 0 spiro atoms. The zero-order valence-corrected chi connectivity index (χ0v) is 20.4. The van der Waals surface area contributed by atoms with Crippen LogP contribution in [0.15, 0.2) is 53.4 Å². The zero-order valence-electron chi connectivity index (χ0n) is 19.6. The Morgan fingerprint density at radius 3 is 2.03 bits per heavy atom. The summed E-state index contributed by atoms with van der Waals surface area (Å²) in [5, 5.41) is 9.19. The molecule has 12 heteroatoms. The number of ether oxygens (including phenoxy) is 1. The third-order valence-electron chi connectivity index (χ3n) is 6.56. The van der Waals surface area contributed by atoms with Gasteiger partial charge in [0.2, 0.25) is 0 Å². The molecular weight excluding hydrogens is 512 g/mol. The van der Waals surface area contributed by atoms with Gasteiger partial charge in [0, 0.05) is 37.0 Å². The fourth-order valence-electron chi connectivity index (χ4n) is 4.54. The summed E-state index contributed by atoms with van der Waals surface area (Å²) in [7, 11) is -2.32. The van der Waals surface area contributed by atoms with Crippen LogP contribution in [-0.4, -0.2) is 51.3 Å². The fourth-order valence-corrected chi connectivity index (χ4v) is 6.29. The smallest absolute Gasteiger partial charge is 0.377 e. The molecular formula is C24H27F6NO4S. The third kappa shape index (κ3) is 5.08. The van der Waals surface area contributed by atoms with E-state index in [4.69, 9.17) is 4.74 Å².